The van der Waals surface area contributed by atoms with E-state index >= 15 is 0 Å². The number of nitrogens with zero attached hydrogens (tertiary/aromatic N) is 4. The molecule has 0 unspecified atom stereocenters. The zero-order valence-electron chi connectivity index (χ0n) is 13.8. The molecule has 0 saturated carbocycles. The van der Waals surface area contributed by atoms with Crippen LogP contribution in [0.5, 0.6) is 0 Å². The Hall–Kier alpha value is -2.10. The third kappa shape index (κ3) is 2.99. The molecular formula is C16H16N4O3S2. The van der Waals surface area contributed by atoms with Gasteiger partial charge < -0.3 is 4.52 Å². The van der Waals surface area contributed by atoms with Crippen LogP contribution in [-0.4, -0.2) is 40.6 Å². The summed E-state index contributed by atoms with van der Waals surface area (Å²) in [6.07, 6.45) is 3.57. The molecule has 130 valence electrons. The average molecular weight is 376 g/mol. The minimum absolute atomic E-state index is 0.323. The van der Waals surface area contributed by atoms with Crippen molar-refractivity contribution >= 4 is 21.4 Å². The summed E-state index contributed by atoms with van der Waals surface area (Å²) in [6, 6.07) is 3.86. The lowest BCUT2D eigenvalue weighted by Crippen LogP contribution is -2.35. The maximum absolute atomic E-state index is 11.8. The highest BCUT2D eigenvalue weighted by Crippen LogP contribution is 2.33. The number of pyridine rings is 1. The minimum atomic E-state index is -3.22. The Morgan fingerprint density at radius 3 is 2.92 bits per heavy atom. The fourth-order valence-corrected chi connectivity index (χ4v) is 4.47. The number of aromatic nitrogens is 3. The molecule has 4 rings (SSSR count). The van der Waals surface area contributed by atoms with Crippen LogP contribution in [0.25, 0.3) is 22.2 Å². The number of aryl methyl sites for hydroxylation is 1. The van der Waals surface area contributed by atoms with Gasteiger partial charge in [-0.3, -0.25) is 4.98 Å². The summed E-state index contributed by atoms with van der Waals surface area (Å²) in [6.45, 7) is 2.67. The lowest BCUT2D eigenvalue weighted by Gasteiger charge is -2.27. The number of hydrogen-bond acceptors (Lipinski definition) is 7. The number of rotatable bonds is 3. The molecule has 1 aliphatic heterocycles. The Labute approximate surface area is 149 Å². The van der Waals surface area contributed by atoms with Gasteiger partial charge in [0.1, 0.15) is 0 Å². The molecule has 0 aliphatic carbocycles. The average Bonchev–Trinajstić information content (AvgIpc) is 3.24. The second-order valence-electron chi connectivity index (χ2n) is 5.97. The molecule has 3 aromatic rings. The summed E-state index contributed by atoms with van der Waals surface area (Å²) >= 11 is 1.54. The number of hydrogen-bond donors (Lipinski definition) is 0. The highest BCUT2D eigenvalue weighted by Gasteiger charge is 2.28. The largest absolute Gasteiger partial charge is 0.333 e. The van der Waals surface area contributed by atoms with Gasteiger partial charge in [-0.2, -0.15) is 9.29 Å². The smallest absolute Gasteiger partial charge is 0.268 e. The van der Waals surface area contributed by atoms with Gasteiger partial charge in [0, 0.05) is 30.5 Å². The van der Waals surface area contributed by atoms with Crippen LogP contribution in [0.2, 0.25) is 0 Å². The summed E-state index contributed by atoms with van der Waals surface area (Å²) in [4.78, 5) is 9.85. The zero-order valence-corrected chi connectivity index (χ0v) is 15.4. The molecule has 0 radical (unpaired) electrons. The normalized spacial score (nSPS) is 15.3. The van der Waals surface area contributed by atoms with Gasteiger partial charge in [-0.05, 0) is 35.9 Å². The molecule has 1 aliphatic rings. The van der Waals surface area contributed by atoms with Crippen LogP contribution in [0.15, 0.2) is 28.2 Å². The summed E-state index contributed by atoms with van der Waals surface area (Å²) in [7, 11) is -3.22. The number of sulfonamides is 1. The van der Waals surface area contributed by atoms with Gasteiger partial charge >= 0.3 is 0 Å². The van der Waals surface area contributed by atoms with E-state index in [4.69, 9.17) is 4.52 Å². The first-order chi connectivity index (χ1) is 11.9. The van der Waals surface area contributed by atoms with E-state index in [-0.39, 0.29) is 0 Å². The molecule has 7 nitrogen and oxygen atoms in total. The van der Waals surface area contributed by atoms with Crippen molar-refractivity contribution in [1.29, 1.82) is 0 Å². The maximum atomic E-state index is 11.8. The standard InChI is InChI=1S/C16H16N4O3S2/c1-10-14(15-18-16(23-19-15)13-4-3-7-24-13)12-5-6-20(25(2,21)22)9-11(12)8-17-10/h3-4,7-8H,5-6,9H2,1-2H3. The lowest BCUT2D eigenvalue weighted by molar-refractivity contribution is 0.394. The minimum Gasteiger partial charge on any atom is -0.333 e. The van der Waals surface area contributed by atoms with Crippen LogP contribution < -0.4 is 0 Å². The van der Waals surface area contributed by atoms with Crippen molar-refractivity contribution in [3.8, 4) is 22.2 Å². The van der Waals surface area contributed by atoms with Gasteiger partial charge in [0.25, 0.3) is 5.89 Å². The van der Waals surface area contributed by atoms with Crippen molar-refractivity contribution in [2.45, 2.75) is 19.9 Å². The first-order valence-electron chi connectivity index (χ1n) is 7.74. The van der Waals surface area contributed by atoms with Crippen molar-refractivity contribution in [3.05, 3.63) is 40.5 Å². The molecule has 3 aromatic heterocycles. The predicted octanol–water partition coefficient (Wildman–Crippen LogP) is 2.49. The number of fused-ring (bicyclic) bond motifs is 1. The van der Waals surface area contributed by atoms with E-state index in [1.165, 1.54) is 21.9 Å². The quantitative estimate of drug-likeness (QED) is 0.698. The van der Waals surface area contributed by atoms with Crippen LogP contribution >= 0.6 is 11.3 Å². The first-order valence-corrected chi connectivity index (χ1v) is 10.5. The Bertz CT molecular complexity index is 1030. The fraction of sp³-hybridized carbons (Fsp3) is 0.312. The molecular weight excluding hydrogens is 360 g/mol. The van der Waals surface area contributed by atoms with E-state index in [0.717, 1.165) is 27.3 Å². The Morgan fingerprint density at radius 2 is 2.20 bits per heavy atom. The van der Waals surface area contributed by atoms with Gasteiger partial charge in [-0.1, -0.05) is 11.2 Å². The molecule has 9 heteroatoms. The maximum Gasteiger partial charge on any atom is 0.268 e. The lowest BCUT2D eigenvalue weighted by atomic mass is 9.95. The SMILES string of the molecule is Cc1ncc2c(c1-c1noc(-c3cccs3)n1)CCN(S(C)(=O)=O)C2. The van der Waals surface area contributed by atoms with Crippen molar-refractivity contribution in [1.82, 2.24) is 19.4 Å². The molecule has 0 fully saturated rings. The first kappa shape index (κ1) is 16.4. The van der Waals surface area contributed by atoms with Gasteiger partial charge in [0.05, 0.1) is 11.1 Å². The van der Waals surface area contributed by atoms with E-state index in [2.05, 4.69) is 15.1 Å². The van der Waals surface area contributed by atoms with Crippen LogP contribution in [0, 0.1) is 6.92 Å². The highest BCUT2D eigenvalue weighted by molar-refractivity contribution is 7.88. The molecule has 0 spiro atoms. The van der Waals surface area contributed by atoms with Crippen molar-refractivity contribution in [2.75, 3.05) is 12.8 Å². The van der Waals surface area contributed by atoms with E-state index in [1.54, 1.807) is 6.20 Å². The Morgan fingerprint density at radius 1 is 1.36 bits per heavy atom. The topological polar surface area (TPSA) is 89.2 Å². The van der Waals surface area contributed by atoms with Crippen LogP contribution in [0.1, 0.15) is 16.8 Å². The summed E-state index contributed by atoms with van der Waals surface area (Å²) in [5.41, 5.74) is 3.59. The van der Waals surface area contributed by atoms with Gasteiger partial charge in [-0.25, -0.2) is 8.42 Å². The van der Waals surface area contributed by atoms with Crippen LogP contribution in [-0.2, 0) is 23.0 Å². The van der Waals surface area contributed by atoms with E-state index in [9.17, 15) is 8.42 Å². The van der Waals surface area contributed by atoms with Gasteiger partial charge in [-0.15, -0.1) is 11.3 Å². The second-order valence-corrected chi connectivity index (χ2v) is 8.90. The molecule has 0 N–H and O–H groups in total. The van der Waals surface area contributed by atoms with Gasteiger partial charge in [0.2, 0.25) is 15.8 Å². The Balaban J connectivity index is 1.77. The molecule has 0 atom stereocenters. The van der Waals surface area contributed by atoms with Crippen molar-refractivity contribution in [2.24, 2.45) is 0 Å². The van der Waals surface area contributed by atoms with Crippen molar-refractivity contribution < 1.29 is 12.9 Å². The molecule has 0 bridgehead atoms. The van der Waals surface area contributed by atoms with E-state index in [1.807, 2.05) is 24.4 Å². The molecule has 25 heavy (non-hydrogen) atoms. The predicted molar refractivity (Wildman–Crippen MR) is 94.5 cm³/mol. The van der Waals surface area contributed by atoms with E-state index < -0.39 is 10.0 Å². The monoisotopic (exact) mass is 376 g/mol. The summed E-state index contributed by atoms with van der Waals surface area (Å²) in [5, 5.41) is 6.08. The summed E-state index contributed by atoms with van der Waals surface area (Å²) < 4.78 is 30.5. The second kappa shape index (κ2) is 6.01. The third-order valence-corrected chi connectivity index (χ3v) is 6.38. The van der Waals surface area contributed by atoms with Crippen LogP contribution in [0.3, 0.4) is 0 Å². The molecule has 4 heterocycles. The third-order valence-electron chi connectivity index (χ3n) is 4.27. The van der Waals surface area contributed by atoms with Gasteiger partial charge in [0.15, 0.2) is 0 Å². The van der Waals surface area contributed by atoms with Crippen molar-refractivity contribution in [3.63, 3.8) is 0 Å². The zero-order chi connectivity index (χ0) is 17.6. The summed E-state index contributed by atoms with van der Waals surface area (Å²) in [5.74, 6) is 0.980. The number of thiophene rings is 1. The highest BCUT2D eigenvalue weighted by atomic mass is 32.2. The fourth-order valence-electron chi connectivity index (χ4n) is 3.03. The van der Waals surface area contributed by atoms with E-state index in [0.29, 0.717) is 31.2 Å². The van der Waals surface area contributed by atoms with Crippen LogP contribution in [0.4, 0.5) is 0 Å². The molecule has 0 amide bonds. The Kier molecular flexibility index (Phi) is 3.94. The molecule has 0 aromatic carbocycles. The molecule has 0 saturated heterocycles.